The number of carboxylic acid groups (broad SMARTS) is 1. The van der Waals surface area contributed by atoms with Crippen molar-refractivity contribution in [3.05, 3.63) is 29.3 Å². The third kappa shape index (κ3) is 1.76. The van der Waals surface area contributed by atoms with E-state index in [1.54, 1.807) is 19.1 Å². The fraction of sp³-hybridized carbons (Fsp3) is 0.417. The van der Waals surface area contributed by atoms with Gasteiger partial charge in [-0.2, -0.15) is 0 Å². The summed E-state index contributed by atoms with van der Waals surface area (Å²) in [4.78, 5) is 13.2. The number of carboxylic acids is 1. The van der Waals surface area contributed by atoms with Gasteiger partial charge in [-0.3, -0.25) is 0 Å². The molecule has 1 saturated heterocycles. The van der Waals surface area contributed by atoms with Gasteiger partial charge >= 0.3 is 5.97 Å². The van der Waals surface area contributed by atoms with Crippen molar-refractivity contribution in [3.63, 3.8) is 0 Å². The maximum absolute atomic E-state index is 11.3. The summed E-state index contributed by atoms with van der Waals surface area (Å²) in [7, 11) is 0. The van der Waals surface area contributed by atoms with E-state index in [0.717, 1.165) is 18.7 Å². The van der Waals surface area contributed by atoms with Gasteiger partial charge in [0, 0.05) is 17.3 Å². The van der Waals surface area contributed by atoms with Crippen LogP contribution < -0.4 is 4.90 Å². The summed E-state index contributed by atoms with van der Waals surface area (Å²) in [6.45, 7) is 2.56. The lowest BCUT2D eigenvalue weighted by Crippen LogP contribution is -2.48. The first-order chi connectivity index (χ1) is 7.54. The minimum absolute atomic E-state index is 0.667. The number of anilines is 1. The average Bonchev–Trinajstić information content (AvgIpc) is 2.63. The summed E-state index contributed by atoms with van der Waals surface area (Å²) >= 11 is 5.82. The molecule has 1 atom stereocenters. The molecule has 1 aromatic carbocycles. The quantitative estimate of drug-likeness (QED) is 0.863. The Hall–Kier alpha value is -1.22. The second kappa shape index (κ2) is 3.98. The van der Waals surface area contributed by atoms with Gasteiger partial charge in [-0.1, -0.05) is 11.6 Å². The summed E-state index contributed by atoms with van der Waals surface area (Å²) in [6, 6.07) is 7.32. The molecule has 1 N–H and O–H groups in total. The number of halogens is 1. The Kier molecular flexibility index (Phi) is 2.80. The number of hydrogen-bond donors (Lipinski definition) is 1. The van der Waals surface area contributed by atoms with Crippen molar-refractivity contribution in [2.75, 3.05) is 11.4 Å². The van der Waals surface area contributed by atoms with E-state index in [2.05, 4.69) is 0 Å². The smallest absolute Gasteiger partial charge is 0.329 e. The molecule has 0 radical (unpaired) electrons. The van der Waals surface area contributed by atoms with E-state index in [0.29, 0.717) is 11.4 Å². The second-order valence-corrected chi connectivity index (χ2v) is 4.75. The molecule has 16 heavy (non-hydrogen) atoms. The van der Waals surface area contributed by atoms with Gasteiger partial charge in [-0.05, 0) is 44.0 Å². The Bertz CT molecular complexity index is 404. The summed E-state index contributed by atoms with van der Waals surface area (Å²) in [6.07, 6.45) is 1.59. The van der Waals surface area contributed by atoms with Gasteiger partial charge < -0.3 is 10.0 Å². The van der Waals surface area contributed by atoms with Gasteiger partial charge in [-0.25, -0.2) is 4.79 Å². The highest BCUT2D eigenvalue weighted by molar-refractivity contribution is 6.30. The van der Waals surface area contributed by atoms with Crippen molar-refractivity contribution in [3.8, 4) is 0 Å². The largest absolute Gasteiger partial charge is 0.480 e. The van der Waals surface area contributed by atoms with E-state index < -0.39 is 11.5 Å². The van der Waals surface area contributed by atoms with Gasteiger partial charge in [0.2, 0.25) is 0 Å². The van der Waals surface area contributed by atoms with E-state index >= 15 is 0 Å². The molecular weight excluding hydrogens is 226 g/mol. The molecule has 1 heterocycles. The molecule has 0 aromatic heterocycles. The normalized spacial score (nSPS) is 24.8. The molecule has 1 aliphatic heterocycles. The molecule has 86 valence electrons. The lowest BCUT2D eigenvalue weighted by atomic mass is 9.99. The van der Waals surface area contributed by atoms with E-state index in [9.17, 15) is 9.90 Å². The fourth-order valence-electron chi connectivity index (χ4n) is 2.22. The van der Waals surface area contributed by atoms with Crippen LogP contribution in [0.5, 0.6) is 0 Å². The topological polar surface area (TPSA) is 40.5 Å². The van der Waals surface area contributed by atoms with Crippen molar-refractivity contribution in [1.82, 2.24) is 0 Å². The number of nitrogens with zero attached hydrogens (tertiary/aromatic N) is 1. The molecule has 4 heteroatoms. The average molecular weight is 240 g/mol. The lowest BCUT2D eigenvalue weighted by Gasteiger charge is -2.33. The molecule has 1 aliphatic rings. The van der Waals surface area contributed by atoms with E-state index in [1.807, 2.05) is 17.0 Å². The van der Waals surface area contributed by atoms with Gasteiger partial charge in [0.15, 0.2) is 0 Å². The van der Waals surface area contributed by atoms with E-state index in [1.165, 1.54) is 0 Å². The summed E-state index contributed by atoms with van der Waals surface area (Å²) in [5, 5.41) is 9.96. The lowest BCUT2D eigenvalue weighted by molar-refractivity contribution is -0.142. The zero-order valence-electron chi connectivity index (χ0n) is 9.11. The van der Waals surface area contributed by atoms with Crippen LogP contribution in [0.1, 0.15) is 19.8 Å². The Balaban J connectivity index is 2.33. The molecule has 0 saturated carbocycles. The highest BCUT2D eigenvalue weighted by Gasteiger charge is 2.43. The van der Waals surface area contributed by atoms with Crippen LogP contribution in [0, 0.1) is 0 Å². The molecule has 1 fully saturated rings. The predicted octanol–water partition coefficient (Wildman–Crippen LogP) is 2.78. The van der Waals surface area contributed by atoms with Gasteiger partial charge in [0.05, 0.1) is 0 Å². The van der Waals surface area contributed by atoms with Crippen molar-refractivity contribution < 1.29 is 9.90 Å². The Morgan fingerprint density at radius 2 is 2.06 bits per heavy atom. The zero-order valence-corrected chi connectivity index (χ0v) is 9.87. The molecule has 0 bridgehead atoms. The van der Waals surface area contributed by atoms with Gasteiger partial charge in [-0.15, -0.1) is 0 Å². The standard InChI is InChI=1S/C12H14ClNO2/c1-12(11(15)16)7-2-8-14(12)10-5-3-9(13)4-6-10/h3-6H,2,7-8H2,1H3,(H,15,16)/t12-/m0/s1. The molecule has 0 amide bonds. The summed E-state index contributed by atoms with van der Waals surface area (Å²) < 4.78 is 0. The molecule has 2 rings (SSSR count). The fourth-order valence-corrected chi connectivity index (χ4v) is 2.35. The predicted molar refractivity (Wildman–Crippen MR) is 64.1 cm³/mol. The molecule has 0 spiro atoms. The van der Waals surface area contributed by atoms with Crippen LogP contribution >= 0.6 is 11.6 Å². The van der Waals surface area contributed by atoms with Crippen LogP contribution in [-0.4, -0.2) is 23.2 Å². The third-order valence-electron chi connectivity index (χ3n) is 3.24. The van der Waals surface area contributed by atoms with Crippen LogP contribution in [0.15, 0.2) is 24.3 Å². The molecular formula is C12H14ClNO2. The van der Waals surface area contributed by atoms with E-state index in [4.69, 9.17) is 11.6 Å². The number of benzene rings is 1. The van der Waals surface area contributed by atoms with Crippen LogP contribution in [0.2, 0.25) is 5.02 Å². The first-order valence-corrected chi connectivity index (χ1v) is 5.68. The number of aliphatic carboxylic acids is 1. The van der Waals surface area contributed by atoms with Gasteiger partial charge in [0.25, 0.3) is 0 Å². The van der Waals surface area contributed by atoms with Crippen molar-refractivity contribution >= 4 is 23.3 Å². The summed E-state index contributed by atoms with van der Waals surface area (Å²) in [5.74, 6) is -0.764. The van der Waals surface area contributed by atoms with E-state index in [-0.39, 0.29) is 0 Å². The van der Waals surface area contributed by atoms with Crippen LogP contribution in [-0.2, 0) is 4.79 Å². The Morgan fingerprint density at radius 1 is 1.44 bits per heavy atom. The minimum Gasteiger partial charge on any atom is -0.480 e. The Labute approximate surface area is 99.6 Å². The Morgan fingerprint density at radius 3 is 2.62 bits per heavy atom. The maximum atomic E-state index is 11.3. The highest BCUT2D eigenvalue weighted by Crippen LogP contribution is 2.34. The number of hydrogen-bond acceptors (Lipinski definition) is 2. The highest BCUT2D eigenvalue weighted by atomic mass is 35.5. The minimum atomic E-state index is -0.784. The maximum Gasteiger partial charge on any atom is 0.329 e. The number of rotatable bonds is 2. The zero-order chi connectivity index (χ0) is 11.8. The summed E-state index contributed by atoms with van der Waals surface area (Å²) in [5.41, 5.74) is 0.139. The molecule has 1 aromatic rings. The first kappa shape index (κ1) is 11.3. The van der Waals surface area contributed by atoms with Crippen molar-refractivity contribution in [2.45, 2.75) is 25.3 Å². The van der Waals surface area contributed by atoms with Crippen LogP contribution in [0.4, 0.5) is 5.69 Å². The monoisotopic (exact) mass is 239 g/mol. The van der Waals surface area contributed by atoms with Crippen LogP contribution in [0.3, 0.4) is 0 Å². The molecule has 0 unspecified atom stereocenters. The van der Waals surface area contributed by atoms with Gasteiger partial charge in [0.1, 0.15) is 5.54 Å². The van der Waals surface area contributed by atoms with Crippen molar-refractivity contribution in [1.29, 1.82) is 0 Å². The van der Waals surface area contributed by atoms with Crippen LogP contribution in [0.25, 0.3) is 0 Å². The SMILES string of the molecule is C[C@@]1(C(=O)O)CCCN1c1ccc(Cl)cc1. The number of carbonyl (C=O) groups is 1. The third-order valence-corrected chi connectivity index (χ3v) is 3.49. The second-order valence-electron chi connectivity index (χ2n) is 4.31. The van der Waals surface area contributed by atoms with Crippen molar-refractivity contribution in [2.24, 2.45) is 0 Å². The first-order valence-electron chi connectivity index (χ1n) is 5.31. The molecule has 3 nitrogen and oxygen atoms in total. The molecule has 0 aliphatic carbocycles.